The number of benzene rings is 3. The van der Waals surface area contributed by atoms with Crippen molar-refractivity contribution >= 4 is 34.2 Å². The van der Waals surface area contributed by atoms with Crippen molar-refractivity contribution in [2.75, 3.05) is 18.5 Å². The molecule has 0 unspecified atom stereocenters. The molecule has 2 amide bonds. The molecular formula is C21H18N2O5. The van der Waals surface area contributed by atoms with Crippen LogP contribution in [0.1, 0.15) is 10.4 Å². The normalized spacial score (nSPS) is 10.3. The smallest absolute Gasteiger partial charge is 0.338 e. The van der Waals surface area contributed by atoms with Gasteiger partial charge in [0.25, 0.3) is 11.8 Å². The number of ether oxygens (including phenoxy) is 2. The van der Waals surface area contributed by atoms with Crippen molar-refractivity contribution in [3.05, 3.63) is 72.3 Å². The average Bonchev–Trinajstić information content (AvgIpc) is 2.70. The first-order valence-corrected chi connectivity index (χ1v) is 8.48. The number of hydrogen-bond acceptors (Lipinski definition) is 5. The third kappa shape index (κ3) is 5.07. The molecule has 142 valence electrons. The quantitative estimate of drug-likeness (QED) is 0.614. The Labute approximate surface area is 161 Å². The van der Waals surface area contributed by atoms with Crippen LogP contribution in [0.2, 0.25) is 0 Å². The number of nitrogens with one attached hydrogen (secondary N) is 1. The van der Waals surface area contributed by atoms with Crippen LogP contribution in [0.3, 0.4) is 0 Å². The molecule has 0 aliphatic rings. The van der Waals surface area contributed by atoms with Gasteiger partial charge in [-0.3, -0.25) is 9.59 Å². The first kappa shape index (κ1) is 18.9. The van der Waals surface area contributed by atoms with Gasteiger partial charge in [0.15, 0.2) is 13.2 Å². The number of anilines is 1. The number of hydrogen-bond donors (Lipinski definition) is 2. The Bertz CT molecular complexity index is 1010. The molecule has 0 aliphatic carbocycles. The monoisotopic (exact) mass is 378 g/mol. The van der Waals surface area contributed by atoms with Crippen molar-refractivity contribution in [3.8, 4) is 5.75 Å². The maximum absolute atomic E-state index is 12.0. The first-order chi connectivity index (χ1) is 13.5. The van der Waals surface area contributed by atoms with Gasteiger partial charge < -0.3 is 20.5 Å². The van der Waals surface area contributed by atoms with Gasteiger partial charge in [-0.05, 0) is 47.2 Å². The minimum absolute atomic E-state index is 0.251. The zero-order valence-electron chi connectivity index (χ0n) is 14.9. The van der Waals surface area contributed by atoms with Crippen LogP contribution >= 0.6 is 0 Å². The number of nitrogens with two attached hydrogens (primary N) is 1. The molecule has 3 aromatic carbocycles. The highest BCUT2D eigenvalue weighted by Crippen LogP contribution is 2.19. The zero-order valence-corrected chi connectivity index (χ0v) is 14.9. The van der Waals surface area contributed by atoms with Crippen LogP contribution in [0.5, 0.6) is 5.75 Å². The van der Waals surface area contributed by atoms with E-state index >= 15 is 0 Å². The van der Waals surface area contributed by atoms with Crippen LogP contribution < -0.4 is 15.8 Å². The molecule has 0 saturated heterocycles. The second-order valence-corrected chi connectivity index (χ2v) is 5.97. The Hall–Kier alpha value is -3.87. The van der Waals surface area contributed by atoms with E-state index in [9.17, 15) is 14.4 Å². The summed E-state index contributed by atoms with van der Waals surface area (Å²) in [7, 11) is 0. The van der Waals surface area contributed by atoms with E-state index < -0.39 is 24.4 Å². The summed E-state index contributed by atoms with van der Waals surface area (Å²) in [5.74, 6) is -1.29. The molecule has 3 N–H and O–H groups in total. The second kappa shape index (κ2) is 8.68. The van der Waals surface area contributed by atoms with Crippen molar-refractivity contribution in [3.63, 3.8) is 0 Å². The van der Waals surface area contributed by atoms with Crippen molar-refractivity contribution in [1.29, 1.82) is 0 Å². The summed E-state index contributed by atoms with van der Waals surface area (Å²) in [5.41, 5.74) is 5.87. The fraction of sp³-hybridized carbons (Fsp3) is 0.0952. The number of carbonyl (C=O) groups excluding carboxylic acids is 3. The Morgan fingerprint density at radius 1 is 0.857 bits per heavy atom. The standard InChI is InChI=1S/C21H18N2O5/c22-19(24)12-27-18-9-6-15(7-10-18)21(26)28-13-20(25)23-17-8-5-14-3-1-2-4-16(14)11-17/h1-11H,12-13H2,(H2,22,24)(H,23,25). The molecule has 0 aliphatic heterocycles. The fourth-order valence-corrected chi connectivity index (χ4v) is 2.52. The van der Waals surface area contributed by atoms with Crippen molar-refractivity contribution in [1.82, 2.24) is 0 Å². The van der Waals surface area contributed by atoms with Crippen LogP contribution in [0.15, 0.2) is 66.7 Å². The maximum Gasteiger partial charge on any atom is 0.338 e. The van der Waals surface area contributed by atoms with E-state index in [0.717, 1.165) is 10.8 Å². The van der Waals surface area contributed by atoms with Crippen molar-refractivity contribution in [2.24, 2.45) is 5.73 Å². The molecule has 0 aromatic heterocycles. The fourth-order valence-electron chi connectivity index (χ4n) is 2.52. The maximum atomic E-state index is 12.0. The third-order valence-electron chi connectivity index (χ3n) is 3.84. The predicted molar refractivity (Wildman–Crippen MR) is 104 cm³/mol. The number of fused-ring (bicyclic) bond motifs is 1. The molecule has 7 heteroatoms. The number of carbonyl (C=O) groups is 3. The summed E-state index contributed by atoms with van der Waals surface area (Å²) < 4.78 is 10.1. The lowest BCUT2D eigenvalue weighted by Crippen LogP contribution is -2.21. The number of amides is 2. The van der Waals surface area contributed by atoms with E-state index in [0.29, 0.717) is 11.4 Å². The zero-order chi connectivity index (χ0) is 19.9. The molecule has 0 bridgehead atoms. The van der Waals surface area contributed by atoms with Crippen LogP contribution in [-0.2, 0) is 14.3 Å². The summed E-state index contributed by atoms with van der Waals surface area (Å²) >= 11 is 0. The van der Waals surface area contributed by atoms with E-state index in [1.807, 2.05) is 36.4 Å². The van der Waals surface area contributed by atoms with Crippen LogP contribution in [0.4, 0.5) is 5.69 Å². The lowest BCUT2D eigenvalue weighted by Gasteiger charge is -2.08. The molecule has 0 saturated carbocycles. The van der Waals surface area contributed by atoms with Gasteiger partial charge in [0.05, 0.1) is 5.56 Å². The molecule has 0 heterocycles. The number of rotatable bonds is 7. The second-order valence-electron chi connectivity index (χ2n) is 5.97. The Morgan fingerprint density at radius 2 is 1.57 bits per heavy atom. The highest BCUT2D eigenvalue weighted by atomic mass is 16.5. The Morgan fingerprint density at radius 3 is 2.29 bits per heavy atom. The van der Waals surface area contributed by atoms with E-state index in [-0.39, 0.29) is 12.2 Å². The van der Waals surface area contributed by atoms with Gasteiger partial charge in [-0.15, -0.1) is 0 Å². The molecule has 7 nitrogen and oxygen atoms in total. The van der Waals surface area contributed by atoms with Gasteiger partial charge in [0.1, 0.15) is 5.75 Å². The molecule has 0 atom stereocenters. The minimum Gasteiger partial charge on any atom is -0.484 e. The topological polar surface area (TPSA) is 108 Å². The van der Waals surface area contributed by atoms with Gasteiger partial charge in [0.2, 0.25) is 0 Å². The molecule has 0 radical (unpaired) electrons. The van der Waals surface area contributed by atoms with Gasteiger partial charge in [-0.2, -0.15) is 0 Å². The highest BCUT2D eigenvalue weighted by molar-refractivity contribution is 5.97. The SMILES string of the molecule is NC(=O)COc1ccc(C(=O)OCC(=O)Nc2ccc3ccccc3c2)cc1. The highest BCUT2D eigenvalue weighted by Gasteiger charge is 2.11. The molecule has 3 rings (SSSR count). The van der Waals surface area contributed by atoms with Gasteiger partial charge >= 0.3 is 5.97 Å². The largest absolute Gasteiger partial charge is 0.484 e. The van der Waals surface area contributed by atoms with Crippen LogP contribution in [0, 0.1) is 0 Å². The lowest BCUT2D eigenvalue weighted by atomic mass is 10.1. The number of primary amides is 1. The van der Waals surface area contributed by atoms with E-state index in [4.69, 9.17) is 15.2 Å². The van der Waals surface area contributed by atoms with Gasteiger partial charge in [0, 0.05) is 5.69 Å². The molecular weight excluding hydrogens is 360 g/mol. The third-order valence-corrected chi connectivity index (χ3v) is 3.84. The summed E-state index contributed by atoms with van der Waals surface area (Å²) in [4.78, 5) is 34.7. The summed E-state index contributed by atoms with van der Waals surface area (Å²) in [6.07, 6.45) is 0. The van der Waals surface area contributed by atoms with Crippen molar-refractivity contribution in [2.45, 2.75) is 0 Å². The summed E-state index contributed by atoms with van der Waals surface area (Å²) in [6, 6.07) is 19.3. The first-order valence-electron chi connectivity index (χ1n) is 8.48. The van der Waals surface area contributed by atoms with E-state index in [1.54, 1.807) is 6.07 Å². The molecule has 0 spiro atoms. The summed E-state index contributed by atoms with van der Waals surface area (Å²) in [6.45, 7) is -0.662. The van der Waals surface area contributed by atoms with E-state index in [2.05, 4.69) is 5.32 Å². The predicted octanol–water partition coefficient (Wildman–Crippen LogP) is 2.50. The molecule has 3 aromatic rings. The van der Waals surface area contributed by atoms with Crippen molar-refractivity contribution < 1.29 is 23.9 Å². The van der Waals surface area contributed by atoms with Crippen LogP contribution in [-0.4, -0.2) is 31.0 Å². The van der Waals surface area contributed by atoms with E-state index in [1.165, 1.54) is 24.3 Å². The Kier molecular flexibility index (Phi) is 5.86. The lowest BCUT2D eigenvalue weighted by molar-refractivity contribution is -0.120. The molecule has 0 fully saturated rings. The Balaban J connectivity index is 1.51. The molecule has 28 heavy (non-hydrogen) atoms. The summed E-state index contributed by atoms with van der Waals surface area (Å²) in [5, 5.41) is 4.76. The minimum atomic E-state index is -0.643. The van der Waals surface area contributed by atoms with Gasteiger partial charge in [-0.25, -0.2) is 4.79 Å². The number of esters is 1. The average molecular weight is 378 g/mol. The van der Waals surface area contributed by atoms with Crippen LogP contribution in [0.25, 0.3) is 10.8 Å². The van der Waals surface area contributed by atoms with Gasteiger partial charge in [-0.1, -0.05) is 30.3 Å².